The number of amidine groups is 1. The van der Waals surface area contributed by atoms with Crippen LogP contribution in [0.3, 0.4) is 0 Å². The Hall–Kier alpha value is -3.56. The minimum Gasteiger partial charge on any atom is -0.492 e. The molecule has 1 aliphatic heterocycles. The van der Waals surface area contributed by atoms with Gasteiger partial charge in [-0.05, 0) is 49.9 Å². The van der Waals surface area contributed by atoms with E-state index in [2.05, 4.69) is 27.1 Å². The number of nitrogen functional groups attached to an aromatic ring is 2. The van der Waals surface area contributed by atoms with Crippen LogP contribution in [-0.2, 0) is 15.9 Å². The number of unbranched alkanes of at least 4 members (excludes halogenated alkanes) is 4. The van der Waals surface area contributed by atoms with Crippen molar-refractivity contribution in [3.8, 4) is 5.75 Å². The molecule has 0 spiro atoms. The number of aryl methyl sites for hydroxylation is 1. The number of aliphatic hydroxyl groups excluding tert-OH is 3. The van der Waals surface area contributed by atoms with Gasteiger partial charge in [0, 0.05) is 25.2 Å². The minimum atomic E-state index is -1.30. The summed E-state index contributed by atoms with van der Waals surface area (Å²) in [5.74, 6) is 0.890. The van der Waals surface area contributed by atoms with Crippen LogP contribution in [0, 0.1) is 5.41 Å². The number of hydrogen-bond donors (Lipinski definition) is 7. The summed E-state index contributed by atoms with van der Waals surface area (Å²) in [4.78, 5) is 10.0. The van der Waals surface area contributed by atoms with E-state index < -0.39 is 30.7 Å². The highest BCUT2D eigenvalue weighted by Gasteiger charge is 2.39. The third-order valence-corrected chi connectivity index (χ3v) is 8.87. The van der Waals surface area contributed by atoms with Crippen molar-refractivity contribution in [2.75, 3.05) is 50.9 Å². The Kier molecular flexibility index (Phi) is 16.0. The number of aromatic nitrogens is 2. The van der Waals surface area contributed by atoms with Gasteiger partial charge in [-0.2, -0.15) is 0 Å². The van der Waals surface area contributed by atoms with E-state index in [1.165, 1.54) is 5.56 Å². The van der Waals surface area contributed by atoms with Crippen LogP contribution in [0.4, 0.5) is 11.6 Å². The van der Waals surface area contributed by atoms with Gasteiger partial charge in [-0.1, -0.05) is 80.3 Å². The van der Waals surface area contributed by atoms with Crippen LogP contribution in [0.5, 0.6) is 5.75 Å². The molecule has 50 heavy (non-hydrogen) atoms. The lowest BCUT2D eigenvalue weighted by Crippen LogP contribution is -2.54. The molecule has 13 nitrogen and oxygen atoms in total. The summed E-state index contributed by atoms with van der Waals surface area (Å²) in [6.07, 6.45) is 1.68. The predicted octanol–water partition coefficient (Wildman–Crippen LogP) is 3.69. The Balaban J connectivity index is 1.20. The summed E-state index contributed by atoms with van der Waals surface area (Å²) in [6, 6.07) is 17.3. The van der Waals surface area contributed by atoms with Crippen molar-refractivity contribution in [2.45, 2.75) is 82.6 Å². The van der Waals surface area contributed by atoms with Gasteiger partial charge in [-0.25, -0.2) is 9.97 Å². The molecule has 0 amide bonds. The standard InChI is InChI=1S/C36H52ClN7O6/c1-2-3-4-10-19-44(22-27(45)30(47)31-28(46)23-49-36(50-31)25-12-6-5-7-13-25)20-21-48-26-16-14-24(15-17-26)11-8-9-18-41-33(38)29-34(39)43-35(40)32(37)42-29/h5-7,12-17,27-28,30-31,36,45-47H,2-4,8-11,18-23H2,1H3,(H2,38,41)(H4,39,40,43)/t27-,28+,30+,31+,36?/m0/s1. The van der Waals surface area contributed by atoms with Gasteiger partial charge >= 0.3 is 0 Å². The molecular weight excluding hydrogens is 662 g/mol. The highest BCUT2D eigenvalue weighted by atomic mass is 35.5. The maximum absolute atomic E-state index is 11.1. The molecule has 0 bridgehead atoms. The predicted molar refractivity (Wildman–Crippen MR) is 194 cm³/mol. The largest absolute Gasteiger partial charge is 0.492 e. The van der Waals surface area contributed by atoms with Crippen LogP contribution < -0.4 is 21.5 Å². The molecule has 1 fully saturated rings. The fourth-order valence-electron chi connectivity index (χ4n) is 5.72. The average Bonchev–Trinajstić information content (AvgIpc) is 3.12. The highest BCUT2D eigenvalue weighted by molar-refractivity contribution is 6.31. The van der Waals surface area contributed by atoms with Gasteiger partial charge in [0.25, 0.3) is 0 Å². The Morgan fingerprint density at radius 1 is 1.02 bits per heavy atom. The topological polar surface area (TPSA) is 205 Å². The highest BCUT2D eigenvalue weighted by Crippen LogP contribution is 2.29. The molecule has 274 valence electrons. The molecule has 1 unspecified atom stereocenters. The Labute approximate surface area is 299 Å². The number of nitrogens with zero attached hydrogens (tertiary/aromatic N) is 3. The zero-order chi connectivity index (χ0) is 35.9. The molecule has 14 heteroatoms. The summed E-state index contributed by atoms with van der Waals surface area (Å²) in [5.41, 5.74) is 13.6. The summed E-state index contributed by atoms with van der Waals surface area (Å²) in [5, 5.41) is 43.9. The summed E-state index contributed by atoms with van der Waals surface area (Å²) < 4.78 is 17.6. The number of benzene rings is 2. The first-order chi connectivity index (χ1) is 24.2. The van der Waals surface area contributed by atoms with Gasteiger partial charge in [0.15, 0.2) is 23.1 Å². The first kappa shape index (κ1) is 39.2. The van der Waals surface area contributed by atoms with Crippen molar-refractivity contribution < 1.29 is 29.5 Å². The second-order valence-corrected chi connectivity index (χ2v) is 12.9. The SMILES string of the molecule is CCCCCCN(CCOc1ccc(CCCCNC(=N)c2nc(Cl)c(N)nc2N)cc1)C[C@H](O)[C@@H](O)[C@@H]1OC(c2ccccc2)OC[C@H]1O. The Morgan fingerprint density at radius 3 is 2.52 bits per heavy atom. The number of halogens is 1. The molecule has 2 heterocycles. The first-order valence-electron chi connectivity index (χ1n) is 17.4. The lowest BCUT2D eigenvalue weighted by molar-refractivity contribution is -0.283. The molecule has 9 N–H and O–H groups in total. The number of hydrogen-bond acceptors (Lipinski definition) is 12. The van der Waals surface area contributed by atoms with Gasteiger partial charge in [-0.15, -0.1) is 0 Å². The van der Waals surface area contributed by atoms with Crippen molar-refractivity contribution in [3.05, 3.63) is 76.6 Å². The summed E-state index contributed by atoms with van der Waals surface area (Å²) >= 11 is 5.92. The van der Waals surface area contributed by atoms with E-state index in [9.17, 15) is 15.3 Å². The third kappa shape index (κ3) is 12.0. The number of aliphatic hydroxyl groups is 3. The Bertz CT molecular complexity index is 1450. The number of nitrogens with two attached hydrogens (primary N) is 2. The fraction of sp³-hybridized carbons (Fsp3) is 0.528. The average molecular weight is 714 g/mol. The van der Waals surface area contributed by atoms with Gasteiger partial charge in [0.2, 0.25) is 0 Å². The van der Waals surface area contributed by atoms with Crippen molar-refractivity contribution in [1.29, 1.82) is 5.41 Å². The second kappa shape index (κ2) is 20.3. The number of anilines is 2. The number of rotatable bonds is 20. The fourth-order valence-corrected chi connectivity index (χ4v) is 5.84. The van der Waals surface area contributed by atoms with Gasteiger partial charge in [0.1, 0.15) is 42.2 Å². The molecule has 1 saturated heterocycles. The minimum absolute atomic E-state index is 0.00251. The van der Waals surface area contributed by atoms with E-state index in [0.29, 0.717) is 19.7 Å². The van der Waals surface area contributed by atoms with Crippen molar-refractivity contribution in [2.24, 2.45) is 0 Å². The maximum Gasteiger partial charge on any atom is 0.184 e. The third-order valence-electron chi connectivity index (χ3n) is 8.59. The zero-order valence-corrected chi connectivity index (χ0v) is 29.5. The summed E-state index contributed by atoms with van der Waals surface area (Å²) in [6.45, 7) is 4.66. The smallest absolute Gasteiger partial charge is 0.184 e. The molecule has 2 aromatic carbocycles. The van der Waals surface area contributed by atoms with Crippen LogP contribution in [0.15, 0.2) is 54.6 Å². The van der Waals surface area contributed by atoms with Crippen LogP contribution in [0.25, 0.3) is 0 Å². The quantitative estimate of drug-likeness (QED) is 0.0509. The number of nitrogens with one attached hydrogen (secondary N) is 2. The van der Waals surface area contributed by atoms with E-state index in [0.717, 1.165) is 62.8 Å². The molecule has 1 aliphatic rings. The molecule has 0 radical (unpaired) electrons. The molecule has 1 aromatic heterocycles. The van der Waals surface area contributed by atoms with Crippen LogP contribution in [0.2, 0.25) is 5.15 Å². The molecule has 0 saturated carbocycles. The van der Waals surface area contributed by atoms with E-state index in [-0.39, 0.29) is 41.5 Å². The molecular formula is C36H52ClN7O6. The first-order valence-corrected chi connectivity index (χ1v) is 17.8. The zero-order valence-electron chi connectivity index (χ0n) is 28.7. The van der Waals surface area contributed by atoms with Crippen LogP contribution >= 0.6 is 11.6 Å². The summed E-state index contributed by atoms with van der Waals surface area (Å²) in [7, 11) is 0. The lowest BCUT2D eigenvalue weighted by atomic mass is 10.0. The lowest BCUT2D eigenvalue weighted by Gasteiger charge is -2.38. The van der Waals surface area contributed by atoms with E-state index in [1.807, 2.05) is 54.6 Å². The molecule has 3 aromatic rings. The van der Waals surface area contributed by atoms with Crippen molar-refractivity contribution in [3.63, 3.8) is 0 Å². The molecule has 4 rings (SSSR count). The van der Waals surface area contributed by atoms with Crippen molar-refractivity contribution >= 4 is 29.1 Å². The van der Waals surface area contributed by atoms with Gasteiger partial charge in [-0.3, -0.25) is 10.3 Å². The van der Waals surface area contributed by atoms with E-state index in [1.54, 1.807) is 0 Å². The van der Waals surface area contributed by atoms with Crippen LogP contribution in [0.1, 0.15) is 68.6 Å². The second-order valence-electron chi connectivity index (χ2n) is 12.5. The maximum atomic E-state index is 11.1. The van der Waals surface area contributed by atoms with Gasteiger partial charge < -0.3 is 46.3 Å². The molecule has 5 atom stereocenters. The monoisotopic (exact) mass is 713 g/mol. The van der Waals surface area contributed by atoms with Gasteiger partial charge in [0.05, 0.1) is 12.7 Å². The normalized spacial score (nSPS) is 18.9. The number of ether oxygens (including phenoxy) is 3. The van der Waals surface area contributed by atoms with Crippen molar-refractivity contribution in [1.82, 2.24) is 20.2 Å². The van der Waals surface area contributed by atoms with E-state index >= 15 is 0 Å². The Morgan fingerprint density at radius 2 is 1.78 bits per heavy atom. The van der Waals surface area contributed by atoms with Crippen LogP contribution in [-0.4, -0.2) is 99.8 Å². The molecule has 0 aliphatic carbocycles. The van der Waals surface area contributed by atoms with E-state index in [4.69, 9.17) is 42.7 Å².